The van der Waals surface area contributed by atoms with Gasteiger partial charge in [0.1, 0.15) is 35.5 Å². The van der Waals surface area contributed by atoms with E-state index in [0.29, 0.717) is 49.2 Å². The number of anilines is 2. The van der Waals surface area contributed by atoms with Crippen molar-refractivity contribution in [2.24, 2.45) is 0 Å². The summed E-state index contributed by atoms with van der Waals surface area (Å²) in [7, 11) is -1.33. The third kappa shape index (κ3) is 6.99. The maximum Gasteiger partial charge on any atom is 0.225 e. The number of nitrogens with one attached hydrogen (secondary N) is 1. The van der Waals surface area contributed by atoms with Crippen LogP contribution in [0.4, 0.5) is 11.6 Å². The first-order chi connectivity index (χ1) is 15.6. The molecule has 184 valence electrons. The number of aromatic nitrogens is 6. The molecule has 9 nitrogen and oxygen atoms in total. The van der Waals surface area contributed by atoms with E-state index in [1.165, 1.54) is 6.33 Å². The second-order valence-electron chi connectivity index (χ2n) is 8.23. The number of hydrogen-bond donors (Lipinski definition) is 1. The number of halogens is 1. The number of ether oxygens (including phenoxy) is 1. The van der Waals surface area contributed by atoms with E-state index in [4.69, 9.17) is 25.6 Å². The molecule has 0 aliphatic carbocycles. The summed E-state index contributed by atoms with van der Waals surface area (Å²) < 4.78 is 13.8. The highest BCUT2D eigenvalue weighted by molar-refractivity contribution is 8.29. The predicted octanol–water partition coefficient (Wildman–Crippen LogP) is 5.37. The van der Waals surface area contributed by atoms with E-state index in [1.807, 2.05) is 25.5 Å². The van der Waals surface area contributed by atoms with Crippen molar-refractivity contribution in [1.82, 2.24) is 29.7 Å². The minimum atomic E-state index is -1.33. The van der Waals surface area contributed by atoms with Crippen LogP contribution in [-0.4, -0.2) is 60.2 Å². The van der Waals surface area contributed by atoms with E-state index in [0.717, 1.165) is 5.52 Å². The quantitative estimate of drug-likeness (QED) is 0.311. The lowest BCUT2D eigenvalue weighted by molar-refractivity contribution is 0.137. The van der Waals surface area contributed by atoms with Gasteiger partial charge in [-0.15, -0.1) is 10.3 Å². The van der Waals surface area contributed by atoms with Gasteiger partial charge in [-0.3, -0.25) is 4.68 Å². The Morgan fingerprint density at radius 2 is 1.91 bits per heavy atom. The molecule has 0 amide bonds. The molecule has 0 atom stereocenters. The summed E-state index contributed by atoms with van der Waals surface area (Å²) >= 11 is 6.27. The minimum absolute atomic E-state index is 0.0344. The van der Waals surface area contributed by atoms with E-state index >= 15 is 0 Å². The van der Waals surface area contributed by atoms with Crippen LogP contribution in [0, 0.1) is 0 Å². The van der Waals surface area contributed by atoms with Gasteiger partial charge >= 0.3 is 0 Å². The Labute approximate surface area is 203 Å². The highest BCUT2D eigenvalue weighted by atomic mass is 35.5. The molecule has 0 aromatic carbocycles. The zero-order chi connectivity index (χ0) is 24.6. The van der Waals surface area contributed by atoms with Gasteiger partial charge in [0.2, 0.25) is 5.28 Å². The molecule has 0 saturated heterocycles. The molecule has 3 heterocycles. The Hall–Kier alpha value is -2.01. The van der Waals surface area contributed by atoms with Crippen molar-refractivity contribution in [3.8, 4) is 0 Å². The van der Waals surface area contributed by atoms with Crippen LogP contribution in [0.3, 0.4) is 0 Å². The van der Waals surface area contributed by atoms with Crippen LogP contribution in [0.15, 0.2) is 18.6 Å². The first-order valence-electron chi connectivity index (χ1n) is 11.0. The molecular weight excluding hydrogens is 462 g/mol. The molecular formula is C22H36ClN7O2S. The highest BCUT2D eigenvalue weighted by Crippen LogP contribution is 2.54. The Balaban J connectivity index is 0.00000187. The average molecular weight is 498 g/mol. The third-order valence-corrected chi connectivity index (χ3v) is 8.90. The van der Waals surface area contributed by atoms with Gasteiger partial charge in [0, 0.05) is 17.6 Å². The van der Waals surface area contributed by atoms with Crippen LogP contribution in [0.25, 0.3) is 11.0 Å². The molecule has 0 radical (unpaired) electrons. The lowest BCUT2D eigenvalue weighted by Gasteiger charge is -2.43. The molecule has 1 N–H and O–H groups in total. The molecule has 0 fully saturated rings. The number of fused-ring (bicyclic) bond motifs is 1. The molecule has 0 bridgehead atoms. The molecule has 0 spiro atoms. The van der Waals surface area contributed by atoms with Gasteiger partial charge in [-0.25, -0.2) is 15.0 Å². The standard InChI is InChI=1S/C20H30ClN7O2S.C2H6/c1-7-29-11-10-28-17-16(14(27-28)12-30-31(5,6)20(2,3)4)25-19(21)26-18(17)24-15-8-9-22-13-23-15;1-2/h8-9,13H,7,10-12H2,1-6H3,(H,22,23,24,25,26);1-2H3. The van der Waals surface area contributed by atoms with Crippen LogP contribution in [-0.2, 0) is 22.1 Å². The Kier molecular flexibility index (Phi) is 9.84. The zero-order valence-corrected chi connectivity index (χ0v) is 22.4. The number of rotatable bonds is 9. The Bertz CT molecular complexity index is 1020. The largest absolute Gasteiger partial charge is 0.380 e. The SMILES string of the molecule is CC.CCOCCn1nc(COS(C)(C)C(C)(C)C)c2nc(Cl)nc(Nc3ccncn3)c21. The first kappa shape index (κ1) is 27.2. The lowest BCUT2D eigenvalue weighted by atomic mass is 10.3. The van der Waals surface area contributed by atoms with Gasteiger partial charge < -0.3 is 14.2 Å². The van der Waals surface area contributed by atoms with Crippen LogP contribution in [0.2, 0.25) is 5.28 Å². The summed E-state index contributed by atoms with van der Waals surface area (Å²) in [6, 6.07) is 1.75. The lowest BCUT2D eigenvalue weighted by Crippen LogP contribution is -2.25. The summed E-state index contributed by atoms with van der Waals surface area (Å²) in [5.41, 5.74) is 2.09. The van der Waals surface area contributed by atoms with Crippen molar-refractivity contribution in [3.63, 3.8) is 0 Å². The van der Waals surface area contributed by atoms with E-state index in [2.05, 4.69) is 58.5 Å². The van der Waals surface area contributed by atoms with Gasteiger partial charge in [-0.05, 0) is 37.1 Å². The van der Waals surface area contributed by atoms with Gasteiger partial charge in [-0.2, -0.15) is 10.1 Å². The topological polar surface area (TPSA) is 99.9 Å². The fraction of sp³-hybridized carbons (Fsp3) is 0.591. The molecule has 0 saturated carbocycles. The normalized spacial score (nSPS) is 12.4. The summed E-state index contributed by atoms with van der Waals surface area (Å²) in [6.07, 6.45) is 7.43. The zero-order valence-electron chi connectivity index (χ0n) is 20.8. The third-order valence-electron chi connectivity index (χ3n) is 5.07. The Morgan fingerprint density at radius 1 is 1.18 bits per heavy atom. The molecule has 11 heteroatoms. The van der Waals surface area contributed by atoms with E-state index in [9.17, 15) is 0 Å². The van der Waals surface area contributed by atoms with E-state index in [1.54, 1.807) is 12.3 Å². The summed E-state index contributed by atoms with van der Waals surface area (Å²) in [5, 5.41) is 8.11. The second-order valence-corrected chi connectivity index (χ2v) is 12.5. The monoisotopic (exact) mass is 497 g/mol. The maximum atomic E-state index is 6.36. The van der Waals surface area contributed by atoms with Crippen molar-refractivity contribution in [1.29, 1.82) is 0 Å². The van der Waals surface area contributed by atoms with Crippen LogP contribution >= 0.6 is 21.9 Å². The van der Waals surface area contributed by atoms with Gasteiger partial charge in [-0.1, -0.05) is 34.6 Å². The highest BCUT2D eigenvalue weighted by Gasteiger charge is 2.30. The summed E-state index contributed by atoms with van der Waals surface area (Å²) in [5.74, 6) is 1.12. The molecule has 3 aromatic rings. The van der Waals surface area contributed by atoms with Crippen molar-refractivity contribution in [3.05, 3.63) is 29.6 Å². The summed E-state index contributed by atoms with van der Waals surface area (Å²) in [6.45, 7) is 14.5. The maximum absolute atomic E-state index is 6.36. The molecule has 3 rings (SSSR count). The molecule has 33 heavy (non-hydrogen) atoms. The fourth-order valence-corrected chi connectivity index (χ4v) is 3.55. The summed E-state index contributed by atoms with van der Waals surface area (Å²) in [4.78, 5) is 17.0. The number of hydrogen-bond acceptors (Lipinski definition) is 8. The second kappa shape index (κ2) is 11.9. The Morgan fingerprint density at radius 3 is 2.52 bits per heavy atom. The predicted molar refractivity (Wildman–Crippen MR) is 137 cm³/mol. The van der Waals surface area contributed by atoms with Crippen molar-refractivity contribution in [2.45, 2.75) is 59.4 Å². The minimum Gasteiger partial charge on any atom is -0.380 e. The van der Waals surface area contributed by atoms with Crippen molar-refractivity contribution in [2.75, 3.05) is 31.0 Å². The van der Waals surface area contributed by atoms with Gasteiger partial charge in [0.15, 0.2) is 5.82 Å². The molecule has 0 aliphatic rings. The van der Waals surface area contributed by atoms with Crippen LogP contribution in [0.5, 0.6) is 0 Å². The molecule has 3 aromatic heterocycles. The van der Waals surface area contributed by atoms with Gasteiger partial charge in [0.05, 0.1) is 13.2 Å². The van der Waals surface area contributed by atoms with E-state index in [-0.39, 0.29) is 10.0 Å². The first-order valence-corrected chi connectivity index (χ1v) is 13.8. The van der Waals surface area contributed by atoms with E-state index < -0.39 is 10.3 Å². The van der Waals surface area contributed by atoms with Crippen molar-refractivity contribution >= 4 is 44.6 Å². The van der Waals surface area contributed by atoms with Crippen LogP contribution < -0.4 is 5.32 Å². The van der Waals surface area contributed by atoms with Crippen molar-refractivity contribution < 1.29 is 8.92 Å². The molecule has 0 unspecified atom stereocenters. The average Bonchev–Trinajstić information content (AvgIpc) is 3.11. The number of nitrogens with zero attached hydrogens (tertiary/aromatic N) is 6. The fourth-order valence-electron chi connectivity index (χ4n) is 2.62. The smallest absolute Gasteiger partial charge is 0.225 e. The van der Waals surface area contributed by atoms with Gasteiger partial charge in [0.25, 0.3) is 0 Å². The van der Waals surface area contributed by atoms with Crippen LogP contribution in [0.1, 0.15) is 47.2 Å². The molecule has 0 aliphatic heterocycles.